The predicted molar refractivity (Wildman–Crippen MR) is 95.8 cm³/mol. The van der Waals surface area contributed by atoms with Crippen molar-refractivity contribution < 1.29 is 0 Å². The molecule has 0 aromatic carbocycles. The van der Waals surface area contributed by atoms with E-state index in [1.54, 1.807) is 4.52 Å². The lowest BCUT2D eigenvalue weighted by molar-refractivity contribution is 0.742. The van der Waals surface area contributed by atoms with Gasteiger partial charge in [-0.1, -0.05) is 0 Å². The molecule has 26 heavy (non-hydrogen) atoms. The summed E-state index contributed by atoms with van der Waals surface area (Å²) in [6.07, 6.45) is 5.16. The van der Waals surface area contributed by atoms with Crippen molar-refractivity contribution in [2.24, 2.45) is 14.1 Å². The zero-order valence-corrected chi connectivity index (χ0v) is 15.2. The van der Waals surface area contributed by atoms with Crippen molar-refractivity contribution in [1.82, 2.24) is 39.1 Å². The van der Waals surface area contributed by atoms with Crippen molar-refractivity contribution in [3.05, 3.63) is 47.2 Å². The molecule has 4 heterocycles. The Labute approximate surface area is 150 Å². The third-order valence-corrected chi connectivity index (χ3v) is 5.07. The van der Waals surface area contributed by atoms with Crippen LogP contribution in [0.2, 0.25) is 0 Å². The number of hydrogen-bond acceptors (Lipinski definition) is 5. The van der Waals surface area contributed by atoms with Crippen LogP contribution in [0.1, 0.15) is 40.9 Å². The fourth-order valence-corrected chi connectivity index (χ4v) is 3.68. The number of aryl methyl sites for hydroxylation is 4. The van der Waals surface area contributed by atoms with Crippen LogP contribution in [0.15, 0.2) is 24.5 Å². The van der Waals surface area contributed by atoms with Crippen LogP contribution in [-0.2, 0) is 14.1 Å². The normalized spacial score (nSPS) is 19.4. The van der Waals surface area contributed by atoms with Crippen LogP contribution < -0.4 is 0 Å². The number of fused-ring (bicyclic) bond motifs is 1. The summed E-state index contributed by atoms with van der Waals surface area (Å²) in [4.78, 5) is 9.08. The zero-order chi connectivity index (χ0) is 18.0. The Kier molecular flexibility index (Phi) is 3.07. The molecule has 2 unspecified atom stereocenters. The SMILES string of the molecule is Cc1cc(C)n2nc(-c3cc(C4CC4c4cnn(C)c4)nn3C)nc2n1. The molecule has 0 spiro atoms. The fourth-order valence-electron chi connectivity index (χ4n) is 3.68. The first-order valence-electron chi connectivity index (χ1n) is 8.73. The second-order valence-corrected chi connectivity index (χ2v) is 7.16. The lowest BCUT2D eigenvalue weighted by Crippen LogP contribution is -1.98. The Morgan fingerprint density at radius 2 is 1.88 bits per heavy atom. The van der Waals surface area contributed by atoms with E-state index in [4.69, 9.17) is 5.10 Å². The highest BCUT2D eigenvalue weighted by molar-refractivity contribution is 5.54. The highest BCUT2D eigenvalue weighted by atomic mass is 15.4. The Morgan fingerprint density at radius 3 is 2.65 bits per heavy atom. The first kappa shape index (κ1) is 15.2. The Morgan fingerprint density at radius 1 is 1.04 bits per heavy atom. The van der Waals surface area contributed by atoms with Gasteiger partial charge < -0.3 is 0 Å². The predicted octanol–water partition coefficient (Wildman–Crippen LogP) is 2.15. The summed E-state index contributed by atoms with van der Waals surface area (Å²) in [5.41, 5.74) is 5.26. The molecule has 2 atom stereocenters. The Hall–Kier alpha value is -3.03. The van der Waals surface area contributed by atoms with E-state index in [1.165, 1.54) is 5.56 Å². The van der Waals surface area contributed by atoms with Gasteiger partial charge in [0.15, 0.2) is 0 Å². The molecule has 1 aliphatic rings. The first-order chi connectivity index (χ1) is 12.5. The van der Waals surface area contributed by atoms with Crippen LogP contribution in [0.4, 0.5) is 0 Å². The van der Waals surface area contributed by atoms with Gasteiger partial charge in [-0.15, -0.1) is 5.10 Å². The largest absolute Gasteiger partial charge is 0.276 e. The maximum absolute atomic E-state index is 4.72. The van der Waals surface area contributed by atoms with Crippen molar-refractivity contribution in [2.75, 3.05) is 0 Å². The maximum Gasteiger partial charge on any atom is 0.253 e. The molecule has 1 fully saturated rings. The highest BCUT2D eigenvalue weighted by Crippen LogP contribution is 2.54. The number of hydrogen-bond donors (Lipinski definition) is 0. The van der Waals surface area contributed by atoms with Crippen molar-refractivity contribution in [3.63, 3.8) is 0 Å². The molecule has 132 valence electrons. The van der Waals surface area contributed by atoms with E-state index in [0.29, 0.717) is 23.4 Å². The van der Waals surface area contributed by atoms with Crippen LogP contribution >= 0.6 is 0 Å². The van der Waals surface area contributed by atoms with Gasteiger partial charge >= 0.3 is 0 Å². The van der Waals surface area contributed by atoms with Gasteiger partial charge in [-0.25, -0.2) is 9.50 Å². The van der Waals surface area contributed by atoms with Crippen molar-refractivity contribution in [2.45, 2.75) is 32.1 Å². The summed E-state index contributed by atoms with van der Waals surface area (Å²) in [5.74, 6) is 2.23. The minimum Gasteiger partial charge on any atom is -0.276 e. The number of aromatic nitrogens is 8. The molecule has 1 aliphatic carbocycles. The van der Waals surface area contributed by atoms with Gasteiger partial charge in [0.05, 0.1) is 11.9 Å². The number of nitrogens with zero attached hydrogens (tertiary/aromatic N) is 8. The molecule has 8 heteroatoms. The molecular weight excluding hydrogens is 328 g/mol. The van der Waals surface area contributed by atoms with E-state index in [0.717, 1.165) is 29.2 Å². The van der Waals surface area contributed by atoms with Gasteiger partial charge in [0.25, 0.3) is 5.78 Å². The smallest absolute Gasteiger partial charge is 0.253 e. The molecular formula is C18H20N8. The summed E-state index contributed by atoms with van der Waals surface area (Å²) in [7, 11) is 3.89. The molecule has 0 bridgehead atoms. The minimum atomic E-state index is 0.443. The van der Waals surface area contributed by atoms with E-state index in [-0.39, 0.29) is 0 Å². The molecule has 0 aliphatic heterocycles. The topological polar surface area (TPSA) is 78.7 Å². The fraction of sp³-hybridized carbons (Fsp3) is 0.389. The molecule has 4 aromatic heterocycles. The van der Waals surface area contributed by atoms with E-state index in [2.05, 4.69) is 32.4 Å². The second kappa shape index (κ2) is 5.23. The van der Waals surface area contributed by atoms with E-state index in [1.807, 2.05) is 49.6 Å². The highest BCUT2D eigenvalue weighted by Gasteiger charge is 2.42. The van der Waals surface area contributed by atoms with Crippen molar-refractivity contribution >= 4 is 5.78 Å². The zero-order valence-electron chi connectivity index (χ0n) is 15.2. The first-order valence-corrected chi connectivity index (χ1v) is 8.73. The molecule has 1 saturated carbocycles. The lowest BCUT2D eigenvalue weighted by Gasteiger charge is -1.97. The average molecular weight is 348 g/mol. The van der Waals surface area contributed by atoms with Crippen molar-refractivity contribution in [3.8, 4) is 11.5 Å². The number of rotatable bonds is 3. The summed E-state index contributed by atoms with van der Waals surface area (Å²) >= 11 is 0. The van der Waals surface area contributed by atoms with E-state index < -0.39 is 0 Å². The molecule has 8 nitrogen and oxygen atoms in total. The van der Waals surface area contributed by atoms with Crippen LogP contribution in [-0.4, -0.2) is 39.1 Å². The molecule has 5 rings (SSSR count). The molecule has 4 aromatic rings. The van der Waals surface area contributed by atoms with Crippen molar-refractivity contribution in [1.29, 1.82) is 0 Å². The van der Waals surface area contributed by atoms with Crippen LogP contribution in [0.25, 0.3) is 17.3 Å². The Bertz CT molecular complexity index is 1130. The van der Waals surface area contributed by atoms with Gasteiger partial charge in [-0.2, -0.15) is 15.2 Å². The van der Waals surface area contributed by atoms with E-state index in [9.17, 15) is 0 Å². The quantitative estimate of drug-likeness (QED) is 0.567. The van der Waals surface area contributed by atoms with Gasteiger partial charge in [0.2, 0.25) is 5.82 Å². The van der Waals surface area contributed by atoms with Gasteiger partial charge in [-0.3, -0.25) is 9.36 Å². The van der Waals surface area contributed by atoms with Crippen LogP contribution in [0, 0.1) is 13.8 Å². The standard InChI is InChI=1S/C18H20N8/c1-10-5-11(2)26-18(20-10)21-17(23-26)16-7-15(22-25(16)4)14-6-13(14)12-8-19-24(3)9-12/h5,7-9,13-14H,6H2,1-4H3. The summed E-state index contributed by atoms with van der Waals surface area (Å²) < 4.78 is 5.50. The monoisotopic (exact) mass is 348 g/mol. The molecule has 0 radical (unpaired) electrons. The van der Waals surface area contributed by atoms with Gasteiger partial charge in [0, 0.05) is 37.6 Å². The molecule has 0 saturated heterocycles. The summed E-state index contributed by atoms with van der Waals surface area (Å²) in [6.45, 7) is 3.98. The van der Waals surface area contributed by atoms with Crippen LogP contribution in [0.5, 0.6) is 0 Å². The van der Waals surface area contributed by atoms with Gasteiger partial charge in [-0.05, 0) is 43.9 Å². The molecule has 0 N–H and O–H groups in total. The van der Waals surface area contributed by atoms with Crippen LogP contribution in [0.3, 0.4) is 0 Å². The van der Waals surface area contributed by atoms with E-state index >= 15 is 0 Å². The third kappa shape index (κ3) is 2.33. The van der Waals surface area contributed by atoms with Gasteiger partial charge in [0.1, 0.15) is 5.69 Å². The maximum atomic E-state index is 4.72. The third-order valence-electron chi connectivity index (χ3n) is 5.07. The lowest BCUT2D eigenvalue weighted by atomic mass is 10.1. The summed E-state index contributed by atoms with van der Waals surface area (Å²) in [6, 6.07) is 4.11. The average Bonchev–Trinajstić information content (AvgIpc) is 2.90. The summed E-state index contributed by atoms with van der Waals surface area (Å²) in [5, 5.41) is 13.6. The second-order valence-electron chi connectivity index (χ2n) is 7.16. The Balaban J connectivity index is 1.49. The minimum absolute atomic E-state index is 0.443. The molecule has 0 amide bonds.